The van der Waals surface area contributed by atoms with E-state index in [-0.39, 0.29) is 0 Å². The van der Waals surface area contributed by atoms with Crippen molar-refractivity contribution in [1.82, 2.24) is 4.90 Å². The van der Waals surface area contributed by atoms with E-state index < -0.39 is 0 Å². The Kier molecular flexibility index (Phi) is 4.42. The number of nitrogens with two attached hydrogens (primary N) is 1. The summed E-state index contributed by atoms with van der Waals surface area (Å²) in [6.45, 7) is 3.96. The van der Waals surface area contributed by atoms with Crippen molar-refractivity contribution in [2.45, 2.75) is 12.5 Å². The maximum absolute atomic E-state index is 5.60. The van der Waals surface area contributed by atoms with Gasteiger partial charge in [-0.05, 0) is 31.7 Å². The zero-order valence-electron chi connectivity index (χ0n) is 10.3. The molecule has 1 heterocycles. The molecule has 0 aromatic heterocycles. The predicted octanol–water partition coefficient (Wildman–Crippen LogP) is 1.92. The van der Waals surface area contributed by atoms with E-state index in [1.54, 1.807) is 0 Å². The van der Waals surface area contributed by atoms with Crippen LogP contribution in [0.3, 0.4) is 0 Å². The van der Waals surface area contributed by atoms with Crippen LogP contribution >= 0.6 is 15.9 Å². The third kappa shape index (κ3) is 3.21. The van der Waals surface area contributed by atoms with Gasteiger partial charge in [0, 0.05) is 42.4 Å². The number of likely N-dealkylation sites (N-methyl/N-ethyl adjacent to an activating group) is 1. The van der Waals surface area contributed by atoms with Gasteiger partial charge in [-0.3, -0.25) is 0 Å². The molecule has 1 atom stereocenters. The molecule has 3 nitrogen and oxygen atoms in total. The van der Waals surface area contributed by atoms with E-state index in [1.165, 1.54) is 12.1 Å². The number of hydrogen-bond acceptors (Lipinski definition) is 3. The molecule has 1 aliphatic rings. The quantitative estimate of drug-likeness (QED) is 0.922. The summed E-state index contributed by atoms with van der Waals surface area (Å²) in [6.07, 6.45) is 1.23. The van der Waals surface area contributed by atoms with Crippen LogP contribution in [0.1, 0.15) is 6.42 Å². The standard InChI is InChI=1S/C13H20BrN3/c1-16(8-6-15)13-5-7-17(10-13)12-4-2-3-11(14)9-12/h2-4,9,13H,5-8,10,15H2,1H3. The molecule has 0 saturated carbocycles. The predicted molar refractivity (Wildman–Crippen MR) is 76.4 cm³/mol. The molecule has 1 aromatic rings. The average Bonchev–Trinajstić information content (AvgIpc) is 2.78. The molecule has 0 aliphatic carbocycles. The van der Waals surface area contributed by atoms with E-state index in [1.807, 2.05) is 0 Å². The lowest BCUT2D eigenvalue weighted by Gasteiger charge is -2.24. The number of anilines is 1. The van der Waals surface area contributed by atoms with Gasteiger partial charge < -0.3 is 15.5 Å². The van der Waals surface area contributed by atoms with Gasteiger partial charge in [-0.15, -0.1) is 0 Å². The van der Waals surface area contributed by atoms with Crippen LogP contribution < -0.4 is 10.6 Å². The van der Waals surface area contributed by atoms with Crippen LogP contribution in [0.4, 0.5) is 5.69 Å². The minimum absolute atomic E-state index is 0.637. The van der Waals surface area contributed by atoms with Crippen LogP contribution in [0.2, 0.25) is 0 Å². The van der Waals surface area contributed by atoms with E-state index in [0.29, 0.717) is 6.04 Å². The molecule has 17 heavy (non-hydrogen) atoms. The highest BCUT2D eigenvalue weighted by Gasteiger charge is 2.25. The molecular weight excluding hydrogens is 278 g/mol. The Labute approximate surface area is 112 Å². The molecule has 1 unspecified atom stereocenters. The van der Waals surface area contributed by atoms with E-state index in [0.717, 1.165) is 30.7 Å². The highest BCUT2D eigenvalue weighted by molar-refractivity contribution is 9.10. The van der Waals surface area contributed by atoms with Gasteiger partial charge in [0.05, 0.1) is 0 Å². The van der Waals surface area contributed by atoms with Crippen LogP contribution in [0.5, 0.6) is 0 Å². The summed E-state index contributed by atoms with van der Waals surface area (Å²) in [7, 11) is 2.17. The molecule has 2 rings (SSSR count). The smallest absolute Gasteiger partial charge is 0.0378 e. The van der Waals surface area contributed by atoms with E-state index >= 15 is 0 Å². The lowest BCUT2D eigenvalue weighted by atomic mass is 10.2. The minimum Gasteiger partial charge on any atom is -0.370 e. The topological polar surface area (TPSA) is 32.5 Å². The Hall–Kier alpha value is -0.580. The van der Waals surface area contributed by atoms with Gasteiger partial charge in [0.25, 0.3) is 0 Å². The van der Waals surface area contributed by atoms with Crippen LogP contribution in [0.25, 0.3) is 0 Å². The number of rotatable bonds is 4. The summed E-state index contributed by atoms with van der Waals surface area (Å²) in [5.41, 5.74) is 6.91. The number of halogens is 1. The Bertz CT molecular complexity index is 369. The molecule has 4 heteroatoms. The molecule has 0 spiro atoms. The molecular formula is C13H20BrN3. The van der Waals surface area contributed by atoms with Crippen molar-refractivity contribution in [3.63, 3.8) is 0 Å². The first-order valence-corrected chi connectivity index (χ1v) is 6.91. The summed E-state index contributed by atoms with van der Waals surface area (Å²) in [4.78, 5) is 4.82. The second-order valence-electron chi connectivity index (χ2n) is 4.64. The van der Waals surface area contributed by atoms with Crippen LogP contribution in [-0.4, -0.2) is 44.2 Å². The van der Waals surface area contributed by atoms with Crippen molar-refractivity contribution in [3.05, 3.63) is 28.7 Å². The molecule has 1 saturated heterocycles. The zero-order chi connectivity index (χ0) is 12.3. The maximum Gasteiger partial charge on any atom is 0.0378 e. The van der Waals surface area contributed by atoms with Gasteiger partial charge >= 0.3 is 0 Å². The monoisotopic (exact) mass is 297 g/mol. The summed E-state index contributed by atoms with van der Waals surface area (Å²) >= 11 is 3.52. The average molecular weight is 298 g/mol. The van der Waals surface area contributed by atoms with E-state index in [4.69, 9.17) is 5.73 Å². The Balaban J connectivity index is 1.98. The minimum atomic E-state index is 0.637. The molecule has 2 N–H and O–H groups in total. The van der Waals surface area contributed by atoms with Crippen molar-refractivity contribution in [3.8, 4) is 0 Å². The summed E-state index contributed by atoms with van der Waals surface area (Å²) in [5.74, 6) is 0. The van der Waals surface area contributed by atoms with Crippen molar-refractivity contribution in [2.75, 3.05) is 38.1 Å². The first-order valence-electron chi connectivity index (χ1n) is 6.11. The highest BCUT2D eigenvalue weighted by atomic mass is 79.9. The first-order chi connectivity index (χ1) is 8.20. The van der Waals surface area contributed by atoms with Gasteiger partial charge in [-0.1, -0.05) is 22.0 Å². The normalized spacial score (nSPS) is 20.2. The number of nitrogens with zero attached hydrogens (tertiary/aromatic N) is 2. The van der Waals surface area contributed by atoms with Gasteiger partial charge in [-0.2, -0.15) is 0 Å². The third-order valence-electron chi connectivity index (χ3n) is 3.44. The lowest BCUT2D eigenvalue weighted by Crippen LogP contribution is -2.37. The molecule has 1 aromatic carbocycles. The first kappa shape index (κ1) is 12.9. The van der Waals surface area contributed by atoms with Gasteiger partial charge in [-0.25, -0.2) is 0 Å². The van der Waals surface area contributed by atoms with Gasteiger partial charge in [0.2, 0.25) is 0 Å². The summed E-state index contributed by atoms with van der Waals surface area (Å²) in [5, 5.41) is 0. The summed E-state index contributed by atoms with van der Waals surface area (Å²) in [6, 6.07) is 9.16. The SMILES string of the molecule is CN(CCN)C1CCN(c2cccc(Br)c2)C1. The zero-order valence-corrected chi connectivity index (χ0v) is 11.9. The Morgan fingerprint density at radius 2 is 2.35 bits per heavy atom. The fourth-order valence-electron chi connectivity index (χ4n) is 2.40. The lowest BCUT2D eigenvalue weighted by molar-refractivity contribution is 0.266. The molecule has 0 amide bonds. The van der Waals surface area contributed by atoms with Crippen molar-refractivity contribution < 1.29 is 0 Å². The molecule has 94 valence electrons. The van der Waals surface area contributed by atoms with Crippen LogP contribution in [0, 0.1) is 0 Å². The van der Waals surface area contributed by atoms with Crippen molar-refractivity contribution >= 4 is 21.6 Å². The Morgan fingerprint density at radius 3 is 3.06 bits per heavy atom. The van der Waals surface area contributed by atoms with Crippen molar-refractivity contribution in [2.24, 2.45) is 5.73 Å². The Morgan fingerprint density at radius 1 is 1.53 bits per heavy atom. The van der Waals surface area contributed by atoms with Gasteiger partial charge in [0.15, 0.2) is 0 Å². The second-order valence-corrected chi connectivity index (χ2v) is 5.55. The van der Waals surface area contributed by atoms with Gasteiger partial charge in [0.1, 0.15) is 0 Å². The molecule has 1 aliphatic heterocycles. The van der Waals surface area contributed by atoms with Crippen LogP contribution in [-0.2, 0) is 0 Å². The third-order valence-corrected chi connectivity index (χ3v) is 3.94. The molecule has 0 radical (unpaired) electrons. The largest absolute Gasteiger partial charge is 0.370 e. The van der Waals surface area contributed by atoms with Crippen LogP contribution in [0.15, 0.2) is 28.7 Å². The summed E-state index contributed by atoms with van der Waals surface area (Å²) < 4.78 is 1.15. The fourth-order valence-corrected chi connectivity index (χ4v) is 2.78. The van der Waals surface area contributed by atoms with E-state index in [9.17, 15) is 0 Å². The maximum atomic E-state index is 5.60. The molecule has 0 bridgehead atoms. The molecule has 1 fully saturated rings. The fraction of sp³-hybridized carbons (Fsp3) is 0.538. The number of hydrogen-bond donors (Lipinski definition) is 1. The van der Waals surface area contributed by atoms with E-state index in [2.05, 4.69) is 57.0 Å². The second kappa shape index (κ2) is 5.85. The van der Waals surface area contributed by atoms with Crippen molar-refractivity contribution in [1.29, 1.82) is 0 Å². The number of benzene rings is 1. The highest BCUT2D eigenvalue weighted by Crippen LogP contribution is 2.25.